The Hall–Kier alpha value is -1.26. The van der Waals surface area contributed by atoms with Crippen LogP contribution in [0.3, 0.4) is 0 Å². The van der Waals surface area contributed by atoms with Crippen LogP contribution in [0, 0.1) is 17.3 Å². The second-order valence-electron chi connectivity index (χ2n) is 6.87. The van der Waals surface area contributed by atoms with E-state index in [2.05, 4.69) is 38.3 Å². The van der Waals surface area contributed by atoms with Crippen LogP contribution in [-0.4, -0.2) is 29.7 Å². The topological polar surface area (TPSA) is 78.4 Å². The minimum atomic E-state index is -0.752. The molecule has 2 unspecified atom stereocenters. The van der Waals surface area contributed by atoms with Crippen LogP contribution in [0.15, 0.2) is 0 Å². The van der Waals surface area contributed by atoms with E-state index in [1.54, 1.807) is 0 Å². The van der Waals surface area contributed by atoms with Crippen molar-refractivity contribution in [2.75, 3.05) is 6.54 Å². The number of carbonyl (C=O) groups is 2. The number of rotatable bonds is 8. The number of amides is 2. The molecule has 1 saturated carbocycles. The summed E-state index contributed by atoms with van der Waals surface area (Å²) in [6, 6.07) is 0.178. The van der Waals surface area contributed by atoms with Crippen LogP contribution < -0.4 is 10.6 Å². The molecule has 116 valence electrons. The van der Waals surface area contributed by atoms with Crippen molar-refractivity contribution in [1.82, 2.24) is 10.6 Å². The first-order chi connectivity index (χ1) is 9.22. The summed E-state index contributed by atoms with van der Waals surface area (Å²) in [7, 11) is 0. The predicted molar refractivity (Wildman–Crippen MR) is 78.5 cm³/mol. The molecule has 0 saturated heterocycles. The molecule has 3 N–H and O–H groups in total. The van der Waals surface area contributed by atoms with Crippen LogP contribution in [0.1, 0.15) is 53.4 Å². The van der Waals surface area contributed by atoms with Crippen molar-refractivity contribution in [3.63, 3.8) is 0 Å². The van der Waals surface area contributed by atoms with Gasteiger partial charge in [-0.3, -0.25) is 4.79 Å². The molecule has 0 bridgehead atoms. The highest BCUT2D eigenvalue weighted by Gasteiger charge is 2.46. The molecule has 5 heteroatoms. The van der Waals surface area contributed by atoms with E-state index in [1.807, 2.05) is 0 Å². The summed E-state index contributed by atoms with van der Waals surface area (Å²) < 4.78 is 0. The zero-order valence-electron chi connectivity index (χ0n) is 13.0. The van der Waals surface area contributed by atoms with Gasteiger partial charge in [-0.25, -0.2) is 4.79 Å². The summed E-state index contributed by atoms with van der Waals surface area (Å²) in [6.07, 6.45) is 2.73. The lowest BCUT2D eigenvalue weighted by Crippen LogP contribution is -2.39. The van der Waals surface area contributed by atoms with Crippen molar-refractivity contribution < 1.29 is 14.7 Å². The maximum absolute atomic E-state index is 11.7. The molecule has 2 amide bonds. The van der Waals surface area contributed by atoms with Crippen LogP contribution >= 0.6 is 0 Å². The zero-order valence-corrected chi connectivity index (χ0v) is 13.0. The predicted octanol–water partition coefficient (Wildman–Crippen LogP) is 2.61. The molecular weight excluding hydrogens is 256 g/mol. The van der Waals surface area contributed by atoms with Gasteiger partial charge >= 0.3 is 12.0 Å². The molecule has 1 fully saturated rings. The molecule has 1 rings (SSSR count). The van der Waals surface area contributed by atoms with Gasteiger partial charge in [0.2, 0.25) is 0 Å². The van der Waals surface area contributed by atoms with Gasteiger partial charge in [0.25, 0.3) is 0 Å². The number of aliphatic carboxylic acids is 1. The van der Waals surface area contributed by atoms with Gasteiger partial charge in [-0.1, -0.05) is 27.7 Å². The molecule has 0 aromatic rings. The number of hydrogen-bond acceptors (Lipinski definition) is 2. The van der Waals surface area contributed by atoms with Crippen LogP contribution in [0.2, 0.25) is 0 Å². The Bertz CT molecular complexity index is 353. The van der Waals surface area contributed by atoms with Gasteiger partial charge < -0.3 is 15.7 Å². The summed E-state index contributed by atoms with van der Waals surface area (Å²) in [5.74, 6) is 0.0164. The van der Waals surface area contributed by atoms with Crippen molar-refractivity contribution in [2.24, 2.45) is 17.3 Å². The smallest absolute Gasteiger partial charge is 0.315 e. The van der Waals surface area contributed by atoms with Gasteiger partial charge in [0, 0.05) is 19.0 Å². The summed E-state index contributed by atoms with van der Waals surface area (Å²) in [5, 5.41) is 14.6. The summed E-state index contributed by atoms with van der Waals surface area (Å²) in [4.78, 5) is 22.3. The van der Waals surface area contributed by atoms with Gasteiger partial charge in [-0.05, 0) is 36.5 Å². The molecule has 0 aliphatic heterocycles. The maximum atomic E-state index is 11.7. The summed E-state index contributed by atoms with van der Waals surface area (Å²) in [6.45, 7) is 9.07. The van der Waals surface area contributed by atoms with E-state index in [0.717, 1.165) is 12.8 Å². The minimum Gasteiger partial charge on any atom is -0.481 e. The van der Waals surface area contributed by atoms with E-state index in [4.69, 9.17) is 5.11 Å². The highest BCUT2D eigenvalue weighted by Crippen LogP contribution is 2.44. The molecular formula is C15H28N2O3. The molecule has 0 radical (unpaired) electrons. The lowest BCUT2D eigenvalue weighted by atomic mass is 9.88. The molecule has 2 atom stereocenters. The molecule has 0 heterocycles. The maximum Gasteiger partial charge on any atom is 0.315 e. The van der Waals surface area contributed by atoms with Crippen molar-refractivity contribution in [2.45, 2.75) is 59.4 Å². The fourth-order valence-electron chi connectivity index (χ4n) is 2.41. The Labute approximate surface area is 121 Å². The highest BCUT2D eigenvalue weighted by atomic mass is 16.4. The third kappa shape index (κ3) is 5.80. The largest absolute Gasteiger partial charge is 0.481 e. The van der Waals surface area contributed by atoms with Crippen LogP contribution in [-0.2, 0) is 4.79 Å². The van der Waals surface area contributed by atoms with Crippen LogP contribution in [0.25, 0.3) is 0 Å². The highest BCUT2D eigenvalue weighted by molar-refractivity contribution is 5.74. The summed E-state index contributed by atoms with van der Waals surface area (Å²) >= 11 is 0. The van der Waals surface area contributed by atoms with Crippen LogP contribution in [0.5, 0.6) is 0 Å². The number of hydrogen-bond donors (Lipinski definition) is 3. The molecule has 1 aliphatic carbocycles. The number of urea groups is 1. The first kappa shape index (κ1) is 16.8. The quantitative estimate of drug-likeness (QED) is 0.641. The Morgan fingerprint density at radius 2 is 1.90 bits per heavy atom. The lowest BCUT2D eigenvalue weighted by molar-refractivity contribution is -0.137. The van der Waals surface area contributed by atoms with E-state index in [-0.39, 0.29) is 23.9 Å². The Morgan fingerprint density at radius 1 is 1.30 bits per heavy atom. The van der Waals surface area contributed by atoms with Gasteiger partial charge in [0.15, 0.2) is 0 Å². The number of carboxylic acid groups (broad SMARTS) is 1. The Morgan fingerprint density at radius 3 is 2.35 bits per heavy atom. The fraction of sp³-hybridized carbons (Fsp3) is 0.867. The van der Waals surface area contributed by atoms with Crippen molar-refractivity contribution in [3.05, 3.63) is 0 Å². The van der Waals surface area contributed by atoms with Gasteiger partial charge in [-0.2, -0.15) is 0 Å². The van der Waals surface area contributed by atoms with Crippen LogP contribution in [0.4, 0.5) is 4.79 Å². The number of nitrogens with one attached hydrogen (secondary N) is 2. The Kier molecular flexibility index (Phi) is 5.84. The fourth-order valence-corrected chi connectivity index (χ4v) is 2.41. The average Bonchev–Trinajstić information content (AvgIpc) is 2.89. The molecule has 1 aliphatic rings. The van der Waals surface area contributed by atoms with Crippen molar-refractivity contribution in [1.29, 1.82) is 0 Å². The summed E-state index contributed by atoms with van der Waals surface area (Å²) in [5.41, 5.74) is 0.235. The van der Waals surface area contributed by atoms with E-state index < -0.39 is 5.97 Å². The average molecular weight is 284 g/mol. The van der Waals surface area contributed by atoms with E-state index in [1.165, 1.54) is 0 Å². The SMILES string of the molecule is CC(C)C(CCNC(=O)NC1CC1(C)C)CCC(=O)O. The van der Waals surface area contributed by atoms with Crippen molar-refractivity contribution >= 4 is 12.0 Å². The Balaban J connectivity index is 2.19. The van der Waals surface area contributed by atoms with Gasteiger partial charge in [0.05, 0.1) is 0 Å². The van der Waals surface area contributed by atoms with E-state index in [9.17, 15) is 9.59 Å². The molecule has 0 spiro atoms. The van der Waals surface area contributed by atoms with E-state index in [0.29, 0.717) is 24.8 Å². The monoisotopic (exact) mass is 284 g/mol. The number of carboxylic acids is 1. The molecule has 20 heavy (non-hydrogen) atoms. The molecule has 0 aromatic heterocycles. The zero-order chi connectivity index (χ0) is 15.3. The third-order valence-electron chi connectivity index (χ3n) is 4.29. The second kappa shape index (κ2) is 6.95. The molecule has 0 aromatic carbocycles. The standard InChI is InChI=1S/C15H28N2O3/c1-10(2)11(5-6-13(18)19)7-8-16-14(20)17-12-9-15(12,3)4/h10-12H,5-9H2,1-4H3,(H,18,19)(H2,16,17,20). The second-order valence-corrected chi connectivity index (χ2v) is 6.87. The number of carbonyl (C=O) groups excluding carboxylic acids is 1. The third-order valence-corrected chi connectivity index (χ3v) is 4.29. The first-order valence-electron chi connectivity index (χ1n) is 7.48. The van der Waals surface area contributed by atoms with Crippen molar-refractivity contribution in [3.8, 4) is 0 Å². The normalized spacial score (nSPS) is 21.4. The van der Waals surface area contributed by atoms with Gasteiger partial charge in [-0.15, -0.1) is 0 Å². The first-order valence-corrected chi connectivity index (χ1v) is 7.48. The lowest BCUT2D eigenvalue weighted by Gasteiger charge is -2.20. The van der Waals surface area contributed by atoms with E-state index >= 15 is 0 Å². The molecule has 5 nitrogen and oxygen atoms in total. The van der Waals surface area contributed by atoms with Gasteiger partial charge in [0.1, 0.15) is 0 Å². The minimum absolute atomic E-state index is 0.110.